The first-order chi connectivity index (χ1) is 8.16. The molecule has 0 saturated heterocycles. The van der Waals surface area contributed by atoms with Gasteiger partial charge in [-0.05, 0) is 49.8 Å². The van der Waals surface area contributed by atoms with Crippen molar-refractivity contribution in [3.63, 3.8) is 0 Å². The minimum absolute atomic E-state index is 0.192. The van der Waals surface area contributed by atoms with E-state index >= 15 is 0 Å². The van der Waals surface area contributed by atoms with E-state index < -0.39 is 0 Å². The number of aryl methyl sites for hydroxylation is 2. The molecule has 94 valence electrons. The topological polar surface area (TPSA) is 35.2 Å². The van der Waals surface area contributed by atoms with Crippen molar-refractivity contribution in [1.82, 2.24) is 0 Å². The monoisotopic (exact) mass is 233 g/mol. The molecule has 2 rings (SSSR count). The van der Waals surface area contributed by atoms with E-state index in [0.29, 0.717) is 12.5 Å². The number of hydrogen-bond donors (Lipinski definition) is 1. The molecule has 1 unspecified atom stereocenters. The van der Waals surface area contributed by atoms with Gasteiger partial charge in [-0.25, -0.2) is 0 Å². The molecule has 0 heterocycles. The highest BCUT2D eigenvalue weighted by molar-refractivity contribution is 5.35. The highest BCUT2D eigenvalue weighted by atomic mass is 16.5. The third kappa shape index (κ3) is 3.22. The van der Waals surface area contributed by atoms with Crippen LogP contribution in [0.15, 0.2) is 18.2 Å². The largest absolute Gasteiger partial charge is 0.492 e. The summed E-state index contributed by atoms with van der Waals surface area (Å²) in [5, 5.41) is 0. The first kappa shape index (κ1) is 12.4. The van der Waals surface area contributed by atoms with Gasteiger partial charge in [0.1, 0.15) is 12.4 Å². The molecule has 2 heteroatoms. The van der Waals surface area contributed by atoms with Crippen molar-refractivity contribution in [2.45, 2.75) is 45.6 Å². The second kappa shape index (κ2) is 5.54. The van der Waals surface area contributed by atoms with Crippen molar-refractivity contribution in [1.29, 1.82) is 0 Å². The van der Waals surface area contributed by atoms with Gasteiger partial charge in [-0.15, -0.1) is 0 Å². The normalized spacial score (nSPS) is 18.3. The molecule has 1 aliphatic rings. The Kier molecular flexibility index (Phi) is 4.06. The van der Waals surface area contributed by atoms with Gasteiger partial charge in [0.15, 0.2) is 0 Å². The van der Waals surface area contributed by atoms with Crippen LogP contribution in [0.25, 0.3) is 0 Å². The van der Waals surface area contributed by atoms with Crippen LogP contribution in [0.4, 0.5) is 0 Å². The molecule has 0 aromatic heterocycles. The van der Waals surface area contributed by atoms with Crippen LogP contribution in [0.1, 0.15) is 36.8 Å². The summed E-state index contributed by atoms with van der Waals surface area (Å²) >= 11 is 0. The average Bonchev–Trinajstić information content (AvgIpc) is 2.83. The Morgan fingerprint density at radius 2 is 2.00 bits per heavy atom. The van der Waals surface area contributed by atoms with E-state index in [2.05, 4.69) is 32.0 Å². The summed E-state index contributed by atoms with van der Waals surface area (Å²) in [6.45, 7) is 4.81. The maximum absolute atomic E-state index is 6.19. The van der Waals surface area contributed by atoms with Crippen molar-refractivity contribution >= 4 is 0 Å². The molecule has 1 aromatic carbocycles. The van der Waals surface area contributed by atoms with Crippen LogP contribution < -0.4 is 10.5 Å². The van der Waals surface area contributed by atoms with E-state index in [0.717, 1.165) is 5.75 Å². The lowest BCUT2D eigenvalue weighted by atomic mass is 10.00. The van der Waals surface area contributed by atoms with Crippen molar-refractivity contribution < 1.29 is 4.74 Å². The molecule has 0 amide bonds. The van der Waals surface area contributed by atoms with E-state index in [4.69, 9.17) is 10.5 Å². The lowest BCUT2D eigenvalue weighted by molar-refractivity contribution is 0.246. The molecule has 0 spiro atoms. The number of rotatable bonds is 4. The predicted octanol–water partition coefficient (Wildman–Crippen LogP) is 3.20. The minimum Gasteiger partial charge on any atom is -0.492 e. The van der Waals surface area contributed by atoms with Gasteiger partial charge < -0.3 is 10.5 Å². The van der Waals surface area contributed by atoms with E-state index in [1.165, 1.54) is 36.8 Å². The molecule has 2 N–H and O–H groups in total. The van der Waals surface area contributed by atoms with Crippen molar-refractivity contribution in [3.05, 3.63) is 29.3 Å². The first-order valence-corrected chi connectivity index (χ1v) is 6.62. The van der Waals surface area contributed by atoms with Gasteiger partial charge in [0.05, 0.1) is 0 Å². The van der Waals surface area contributed by atoms with E-state index in [-0.39, 0.29) is 6.04 Å². The Morgan fingerprint density at radius 1 is 1.29 bits per heavy atom. The van der Waals surface area contributed by atoms with Crippen LogP contribution in [-0.4, -0.2) is 12.6 Å². The zero-order chi connectivity index (χ0) is 12.3. The number of benzene rings is 1. The third-order valence-corrected chi connectivity index (χ3v) is 3.78. The highest BCUT2D eigenvalue weighted by Crippen LogP contribution is 2.27. The molecule has 1 aliphatic carbocycles. The Hall–Kier alpha value is -1.02. The maximum Gasteiger partial charge on any atom is 0.122 e. The Bertz CT molecular complexity index is 369. The smallest absolute Gasteiger partial charge is 0.122 e. The van der Waals surface area contributed by atoms with Gasteiger partial charge >= 0.3 is 0 Å². The fourth-order valence-corrected chi connectivity index (χ4v) is 2.57. The van der Waals surface area contributed by atoms with Gasteiger partial charge in [0, 0.05) is 6.04 Å². The van der Waals surface area contributed by atoms with E-state index in [1.54, 1.807) is 0 Å². The van der Waals surface area contributed by atoms with E-state index in [9.17, 15) is 0 Å². The molecule has 1 saturated carbocycles. The van der Waals surface area contributed by atoms with Crippen LogP contribution in [0.3, 0.4) is 0 Å². The second-order valence-electron chi connectivity index (χ2n) is 5.29. The van der Waals surface area contributed by atoms with Gasteiger partial charge in [-0.2, -0.15) is 0 Å². The number of ether oxygens (including phenoxy) is 1. The molecule has 17 heavy (non-hydrogen) atoms. The molecule has 2 nitrogen and oxygen atoms in total. The van der Waals surface area contributed by atoms with Crippen LogP contribution >= 0.6 is 0 Å². The van der Waals surface area contributed by atoms with Crippen molar-refractivity contribution in [3.8, 4) is 5.75 Å². The maximum atomic E-state index is 6.19. The zero-order valence-corrected chi connectivity index (χ0v) is 10.9. The molecule has 1 atom stereocenters. The molecule has 0 aliphatic heterocycles. The second-order valence-corrected chi connectivity index (χ2v) is 5.29. The van der Waals surface area contributed by atoms with Crippen LogP contribution in [0.2, 0.25) is 0 Å². The Morgan fingerprint density at radius 3 is 2.71 bits per heavy atom. The van der Waals surface area contributed by atoms with Crippen LogP contribution in [0.5, 0.6) is 5.75 Å². The summed E-state index contributed by atoms with van der Waals surface area (Å²) in [6, 6.07) is 6.50. The van der Waals surface area contributed by atoms with Gasteiger partial charge in [0.25, 0.3) is 0 Å². The van der Waals surface area contributed by atoms with Crippen LogP contribution in [0, 0.1) is 19.8 Å². The molecular weight excluding hydrogens is 210 g/mol. The summed E-state index contributed by atoms with van der Waals surface area (Å²) in [5.74, 6) is 1.65. The quantitative estimate of drug-likeness (QED) is 0.866. The van der Waals surface area contributed by atoms with Crippen molar-refractivity contribution in [2.75, 3.05) is 6.61 Å². The standard InChI is InChI=1S/C15H23NO/c1-11-7-8-12(2)15(9-11)17-10-14(16)13-5-3-4-6-13/h7-9,13-14H,3-6,10,16H2,1-2H3. The van der Waals surface area contributed by atoms with Gasteiger partial charge in [-0.3, -0.25) is 0 Å². The van der Waals surface area contributed by atoms with Crippen LogP contribution in [-0.2, 0) is 0 Å². The van der Waals surface area contributed by atoms with Gasteiger partial charge in [-0.1, -0.05) is 25.0 Å². The third-order valence-electron chi connectivity index (χ3n) is 3.78. The number of hydrogen-bond acceptors (Lipinski definition) is 2. The Balaban J connectivity index is 1.90. The summed E-state index contributed by atoms with van der Waals surface area (Å²) in [7, 11) is 0. The number of nitrogens with two attached hydrogens (primary N) is 1. The molecule has 0 radical (unpaired) electrons. The first-order valence-electron chi connectivity index (χ1n) is 6.62. The lowest BCUT2D eigenvalue weighted by Crippen LogP contribution is -2.34. The summed E-state index contributed by atoms with van der Waals surface area (Å²) in [4.78, 5) is 0. The fourth-order valence-electron chi connectivity index (χ4n) is 2.57. The Labute approximate surface area is 104 Å². The lowest BCUT2D eigenvalue weighted by Gasteiger charge is -2.20. The SMILES string of the molecule is Cc1ccc(C)c(OCC(N)C2CCCC2)c1. The average molecular weight is 233 g/mol. The predicted molar refractivity (Wildman–Crippen MR) is 71.3 cm³/mol. The molecule has 1 aromatic rings. The van der Waals surface area contributed by atoms with Gasteiger partial charge in [0.2, 0.25) is 0 Å². The molecule has 0 bridgehead atoms. The highest BCUT2D eigenvalue weighted by Gasteiger charge is 2.22. The molecule has 1 fully saturated rings. The molecular formula is C15H23NO. The summed E-state index contributed by atoms with van der Waals surface area (Å²) in [6.07, 6.45) is 5.22. The fraction of sp³-hybridized carbons (Fsp3) is 0.600. The van der Waals surface area contributed by atoms with E-state index in [1.807, 2.05) is 0 Å². The van der Waals surface area contributed by atoms with Crippen molar-refractivity contribution in [2.24, 2.45) is 11.7 Å². The summed E-state index contributed by atoms with van der Waals surface area (Å²) < 4.78 is 5.87. The minimum atomic E-state index is 0.192. The summed E-state index contributed by atoms with van der Waals surface area (Å²) in [5.41, 5.74) is 8.62. The zero-order valence-electron chi connectivity index (χ0n) is 10.9.